The van der Waals surface area contributed by atoms with Crippen LogP contribution in [-0.4, -0.2) is 66.7 Å². The molecule has 1 saturated heterocycles. The molecule has 1 fully saturated rings. The van der Waals surface area contributed by atoms with Gasteiger partial charge in [0.2, 0.25) is 0 Å². The molecule has 1 aliphatic rings. The van der Waals surface area contributed by atoms with Crippen LogP contribution in [0.5, 0.6) is 11.5 Å². The van der Waals surface area contributed by atoms with Crippen molar-refractivity contribution in [3.63, 3.8) is 0 Å². The predicted octanol–water partition coefficient (Wildman–Crippen LogP) is 4.03. The summed E-state index contributed by atoms with van der Waals surface area (Å²) in [6.07, 6.45) is -3.41. The number of aromatic amines is 1. The van der Waals surface area contributed by atoms with Crippen LogP contribution in [0.2, 0.25) is 0 Å². The van der Waals surface area contributed by atoms with E-state index >= 15 is 0 Å². The van der Waals surface area contributed by atoms with E-state index in [-0.39, 0.29) is 17.3 Å². The van der Waals surface area contributed by atoms with Crippen molar-refractivity contribution >= 4 is 21.2 Å². The van der Waals surface area contributed by atoms with Gasteiger partial charge in [0.1, 0.15) is 22.6 Å². The molecule has 15 heteroatoms. The van der Waals surface area contributed by atoms with Gasteiger partial charge in [-0.15, -0.1) is 11.3 Å². The van der Waals surface area contributed by atoms with Gasteiger partial charge in [0.05, 0.1) is 34.6 Å². The summed E-state index contributed by atoms with van der Waals surface area (Å²) in [5.74, 6) is 0.332. The minimum atomic E-state index is -4.44. The summed E-state index contributed by atoms with van der Waals surface area (Å²) in [5, 5.41) is 4.20. The van der Waals surface area contributed by atoms with E-state index in [0.29, 0.717) is 52.1 Å². The number of hydrogen-bond acceptors (Lipinski definition) is 10. The van der Waals surface area contributed by atoms with Crippen molar-refractivity contribution in [2.45, 2.75) is 12.3 Å². The lowest BCUT2D eigenvalue weighted by atomic mass is 10.1. The number of nitrogens with zero attached hydrogens (tertiary/aromatic N) is 3. The van der Waals surface area contributed by atoms with Crippen molar-refractivity contribution in [2.24, 2.45) is 0 Å². The minimum absolute atomic E-state index is 0.0393. The monoisotopic (exact) mass is 596 g/mol. The third kappa shape index (κ3) is 6.37. The number of H-pyrrole nitrogens is 1. The number of sulfone groups is 1. The number of alkyl halides is 3. The maximum atomic E-state index is 13.0. The molecule has 0 radical (unpaired) electrons. The normalized spacial score (nSPS) is 16.5. The Hall–Kier alpha value is -3.69. The summed E-state index contributed by atoms with van der Waals surface area (Å²) in [5.41, 5.74) is 0.252. The molecule has 2 aromatic carbocycles. The smallest absolute Gasteiger partial charge is 0.439 e. The van der Waals surface area contributed by atoms with E-state index < -0.39 is 33.4 Å². The first-order valence-electron chi connectivity index (χ1n) is 12.0. The molecule has 10 nitrogen and oxygen atoms in total. The lowest BCUT2D eigenvalue weighted by molar-refractivity contribution is -0.137. The summed E-state index contributed by atoms with van der Waals surface area (Å²) in [7, 11) is -1.64. The van der Waals surface area contributed by atoms with Crippen molar-refractivity contribution < 1.29 is 35.6 Å². The highest BCUT2D eigenvalue weighted by Crippen LogP contribution is 2.37. The van der Waals surface area contributed by atoms with Gasteiger partial charge in [0.15, 0.2) is 15.7 Å². The summed E-state index contributed by atoms with van der Waals surface area (Å²) < 4.78 is 79.2. The van der Waals surface area contributed by atoms with E-state index in [9.17, 15) is 26.4 Å². The number of ether oxygens (including phenoxy) is 2. The second-order valence-corrected chi connectivity index (χ2v) is 12.4. The number of thiazole rings is 1. The molecule has 5 rings (SSSR count). The predicted molar refractivity (Wildman–Crippen MR) is 140 cm³/mol. The Bertz CT molecular complexity index is 1630. The van der Waals surface area contributed by atoms with Gasteiger partial charge in [-0.1, -0.05) is 17.3 Å². The zero-order valence-corrected chi connectivity index (χ0v) is 22.6. The van der Waals surface area contributed by atoms with Crippen LogP contribution in [-0.2, 0) is 16.0 Å². The maximum Gasteiger partial charge on any atom is 0.439 e. The molecule has 1 atom stereocenters. The highest BCUT2D eigenvalue weighted by atomic mass is 32.2. The molecule has 40 heavy (non-hydrogen) atoms. The van der Waals surface area contributed by atoms with E-state index in [1.807, 2.05) is 4.90 Å². The first-order chi connectivity index (χ1) is 19.0. The lowest BCUT2D eigenvalue weighted by Gasteiger charge is -2.30. The molecule has 4 aromatic rings. The lowest BCUT2D eigenvalue weighted by Crippen LogP contribution is -2.42. The summed E-state index contributed by atoms with van der Waals surface area (Å²) >= 11 is 1.27. The van der Waals surface area contributed by atoms with Crippen LogP contribution < -0.4 is 15.2 Å². The quantitative estimate of drug-likeness (QED) is 0.321. The number of hydrogen-bond donors (Lipinski definition) is 1. The van der Waals surface area contributed by atoms with Gasteiger partial charge in [-0.05, 0) is 24.3 Å². The van der Waals surface area contributed by atoms with Crippen LogP contribution in [0.1, 0.15) is 16.5 Å². The van der Waals surface area contributed by atoms with Crippen LogP contribution in [0.25, 0.3) is 22.0 Å². The van der Waals surface area contributed by atoms with Crippen molar-refractivity contribution in [1.29, 1.82) is 0 Å². The Morgan fingerprint density at radius 3 is 2.50 bits per heavy atom. The van der Waals surface area contributed by atoms with Crippen LogP contribution in [0.4, 0.5) is 13.2 Å². The zero-order chi connectivity index (χ0) is 28.5. The van der Waals surface area contributed by atoms with Gasteiger partial charge >= 0.3 is 11.9 Å². The molecule has 1 aliphatic heterocycles. The number of benzene rings is 2. The summed E-state index contributed by atoms with van der Waals surface area (Å²) in [4.78, 5) is 20.9. The second kappa shape index (κ2) is 11.1. The van der Waals surface area contributed by atoms with Crippen molar-refractivity contribution in [3.05, 3.63) is 69.7 Å². The molecule has 0 aliphatic carbocycles. The average molecular weight is 597 g/mol. The Balaban J connectivity index is 1.42. The molecule has 212 valence electrons. The third-order valence-corrected chi connectivity index (χ3v) is 9.06. The molecular formula is C25H23F3N4O6S2. The molecule has 3 heterocycles. The van der Waals surface area contributed by atoms with Crippen LogP contribution >= 0.6 is 11.3 Å². The molecule has 2 aromatic heterocycles. The molecule has 1 unspecified atom stereocenters. The van der Waals surface area contributed by atoms with E-state index in [0.717, 1.165) is 12.1 Å². The molecule has 0 saturated carbocycles. The Labute approximate surface area is 230 Å². The number of rotatable bonds is 8. The second-order valence-electron chi connectivity index (χ2n) is 9.01. The molecular weight excluding hydrogens is 573 g/mol. The minimum Gasteiger partial charge on any atom is -0.496 e. The van der Waals surface area contributed by atoms with Gasteiger partial charge in [-0.3, -0.25) is 14.4 Å². The largest absolute Gasteiger partial charge is 0.496 e. The fraction of sp³-hybridized carbons (Fsp3) is 0.320. The SMILES string of the molecule is COc1cc(OC(CN2CCS(=O)(=O)CC2)c2cnc(-c3ccc(C(F)(F)F)cc3)s2)ccc1-c1noc(=O)[nH]1. The Kier molecular flexibility index (Phi) is 7.70. The standard InChI is InChI=1S/C25H23F3N4O6S2/c1-36-19-12-17(6-7-18(19)22-30-24(33)38-31-22)37-20(14-32-8-10-40(34,35)11-9-32)21-13-29-23(39-21)15-2-4-16(5-3-15)25(26,27)28/h2-7,12-13,20H,8-11,14H2,1H3,(H,30,31,33). The third-order valence-electron chi connectivity index (χ3n) is 6.31. The van der Waals surface area contributed by atoms with Crippen LogP contribution in [0.15, 0.2) is 58.0 Å². The number of aromatic nitrogens is 3. The van der Waals surface area contributed by atoms with Gasteiger partial charge in [0, 0.05) is 37.5 Å². The average Bonchev–Trinajstić information content (AvgIpc) is 3.58. The summed E-state index contributed by atoms with van der Waals surface area (Å²) in [6, 6.07) is 9.68. The van der Waals surface area contributed by atoms with E-state index in [4.69, 9.17) is 9.47 Å². The fourth-order valence-corrected chi connectivity index (χ4v) is 6.39. The first kappa shape index (κ1) is 27.9. The van der Waals surface area contributed by atoms with Crippen LogP contribution in [0.3, 0.4) is 0 Å². The van der Waals surface area contributed by atoms with E-state index in [2.05, 4.69) is 19.6 Å². The first-order valence-corrected chi connectivity index (χ1v) is 14.6. The Morgan fingerprint density at radius 2 is 1.88 bits per heavy atom. The summed E-state index contributed by atoms with van der Waals surface area (Å²) in [6.45, 7) is 1.04. The van der Waals surface area contributed by atoms with Crippen molar-refractivity contribution in [3.8, 4) is 33.5 Å². The van der Waals surface area contributed by atoms with Gasteiger partial charge < -0.3 is 9.47 Å². The number of methoxy groups -OCH3 is 1. The Morgan fingerprint density at radius 1 is 1.15 bits per heavy atom. The topological polar surface area (TPSA) is 128 Å². The molecule has 0 amide bonds. The van der Waals surface area contributed by atoms with Crippen molar-refractivity contribution in [2.75, 3.05) is 38.2 Å². The van der Waals surface area contributed by atoms with E-state index in [1.165, 1.54) is 30.6 Å². The van der Waals surface area contributed by atoms with Gasteiger partial charge in [-0.25, -0.2) is 18.2 Å². The van der Waals surface area contributed by atoms with Crippen LogP contribution in [0, 0.1) is 0 Å². The zero-order valence-electron chi connectivity index (χ0n) is 21.0. The number of halogens is 3. The maximum absolute atomic E-state index is 13.0. The molecule has 1 N–H and O–H groups in total. The highest BCUT2D eigenvalue weighted by Gasteiger charge is 2.30. The highest BCUT2D eigenvalue weighted by molar-refractivity contribution is 7.91. The molecule has 0 bridgehead atoms. The van der Waals surface area contributed by atoms with Gasteiger partial charge in [0.25, 0.3) is 0 Å². The molecule has 0 spiro atoms. The van der Waals surface area contributed by atoms with E-state index in [1.54, 1.807) is 24.4 Å². The number of nitrogens with one attached hydrogen (secondary N) is 1. The fourth-order valence-electron chi connectivity index (χ4n) is 4.17. The van der Waals surface area contributed by atoms with Crippen molar-refractivity contribution in [1.82, 2.24) is 20.0 Å². The van der Waals surface area contributed by atoms with Gasteiger partial charge in [-0.2, -0.15) is 13.2 Å².